The number of H-pyrrole nitrogens is 1. The lowest BCUT2D eigenvalue weighted by Crippen LogP contribution is -2.54. The van der Waals surface area contributed by atoms with E-state index >= 15 is 0 Å². The van der Waals surface area contributed by atoms with Crippen molar-refractivity contribution >= 4 is 51.9 Å². The third-order valence-electron chi connectivity index (χ3n) is 12.2. The predicted molar refractivity (Wildman–Crippen MR) is 224 cm³/mol. The summed E-state index contributed by atoms with van der Waals surface area (Å²) in [7, 11) is 1.39. The van der Waals surface area contributed by atoms with Crippen LogP contribution in [-0.2, 0) is 14.3 Å². The van der Waals surface area contributed by atoms with Crippen LogP contribution >= 0.6 is 0 Å². The maximum absolute atomic E-state index is 13.7. The lowest BCUT2D eigenvalue weighted by molar-refractivity contribution is -0.136. The van der Waals surface area contributed by atoms with Gasteiger partial charge in [-0.3, -0.25) is 34.3 Å². The number of rotatable bonds is 7. The van der Waals surface area contributed by atoms with Crippen molar-refractivity contribution in [2.45, 2.75) is 31.7 Å². The molecule has 3 fully saturated rings. The molecule has 2 N–H and O–H groups in total. The molecule has 5 aromatic rings. The van der Waals surface area contributed by atoms with Gasteiger partial charge in [0, 0.05) is 86.3 Å². The molecule has 4 aliphatic rings. The number of esters is 1. The van der Waals surface area contributed by atoms with E-state index in [9.17, 15) is 24.0 Å². The molecule has 12 heteroatoms. The van der Waals surface area contributed by atoms with Crippen LogP contribution in [0.5, 0.6) is 0 Å². The Balaban J connectivity index is 0.797. The number of piperidine rings is 2. The van der Waals surface area contributed by atoms with Crippen molar-refractivity contribution in [2.24, 2.45) is 5.92 Å². The number of aromatic amines is 1. The van der Waals surface area contributed by atoms with Crippen molar-refractivity contribution in [1.29, 1.82) is 0 Å². The first-order chi connectivity index (χ1) is 28.7. The summed E-state index contributed by atoms with van der Waals surface area (Å²) in [5.41, 5.74) is 7.30. The highest BCUT2D eigenvalue weighted by atomic mass is 16.5. The van der Waals surface area contributed by atoms with Crippen molar-refractivity contribution in [1.82, 2.24) is 20.1 Å². The Labute approximate surface area is 342 Å². The first-order valence-corrected chi connectivity index (χ1v) is 20.2. The second kappa shape index (κ2) is 15.9. The van der Waals surface area contributed by atoms with E-state index < -0.39 is 29.7 Å². The molecule has 1 unspecified atom stereocenters. The highest BCUT2D eigenvalue weighted by molar-refractivity contribution is 6.25. The Kier molecular flexibility index (Phi) is 10.2. The van der Waals surface area contributed by atoms with Gasteiger partial charge in [-0.25, -0.2) is 4.79 Å². The Morgan fingerprint density at radius 3 is 2.32 bits per heavy atom. The largest absolute Gasteiger partial charge is 0.465 e. The van der Waals surface area contributed by atoms with Gasteiger partial charge in [-0.05, 0) is 96.8 Å². The molecule has 3 saturated heterocycles. The quantitative estimate of drug-likeness (QED) is 0.125. The summed E-state index contributed by atoms with van der Waals surface area (Å²) in [6.07, 6.45) is 4.08. The summed E-state index contributed by atoms with van der Waals surface area (Å²) in [6.45, 7) is 6.35. The van der Waals surface area contributed by atoms with Crippen LogP contribution in [0.25, 0.3) is 22.0 Å². The number of amides is 4. The van der Waals surface area contributed by atoms with Gasteiger partial charge in [0.1, 0.15) is 6.04 Å². The van der Waals surface area contributed by atoms with E-state index in [4.69, 9.17) is 4.74 Å². The Morgan fingerprint density at radius 2 is 1.56 bits per heavy atom. The highest BCUT2D eigenvalue weighted by Gasteiger charge is 2.46. The lowest BCUT2D eigenvalue weighted by Gasteiger charge is -2.40. The average molecular weight is 789 g/mol. The van der Waals surface area contributed by atoms with Gasteiger partial charge in [-0.1, -0.05) is 36.1 Å². The Morgan fingerprint density at radius 1 is 0.780 bits per heavy atom. The van der Waals surface area contributed by atoms with Crippen LogP contribution in [0.3, 0.4) is 0 Å². The molecule has 4 aromatic carbocycles. The summed E-state index contributed by atoms with van der Waals surface area (Å²) in [5, 5.41) is 3.36. The summed E-state index contributed by atoms with van der Waals surface area (Å²) in [4.78, 5) is 75.5. The number of anilines is 2. The number of nitrogens with zero attached hydrogens (tertiary/aromatic N) is 4. The van der Waals surface area contributed by atoms with Crippen molar-refractivity contribution < 1.29 is 28.7 Å². The molecule has 5 heterocycles. The van der Waals surface area contributed by atoms with Gasteiger partial charge in [0.2, 0.25) is 11.8 Å². The average Bonchev–Trinajstić information content (AvgIpc) is 3.84. The number of carbonyl (C=O) groups excluding carboxylic acids is 5. The normalized spacial score (nSPS) is 18.8. The number of hydrogen-bond acceptors (Lipinski definition) is 9. The number of aromatic nitrogens is 1. The van der Waals surface area contributed by atoms with Crippen LogP contribution in [0.15, 0.2) is 91.1 Å². The molecule has 0 spiro atoms. The number of benzene rings is 4. The van der Waals surface area contributed by atoms with Gasteiger partial charge >= 0.3 is 5.97 Å². The molecule has 0 radical (unpaired) electrons. The zero-order chi connectivity index (χ0) is 40.6. The molecule has 0 bridgehead atoms. The van der Waals surface area contributed by atoms with E-state index in [-0.39, 0.29) is 18.7 Å². The number of piperazine rings is 1. The molecule has 59 heavy (non-hydrogen) atoms. The third kappa shape index (κ3) is 7.34. The Bertz CT molecular complexity index is 2550. The second-order valence-corrected chi connectivity index (χ2v) is 15.7. The summed E-state index contributed by atoms with van der Waals surface area (Å²) < 4.78 is 5.12. The molecule has 1 atom stereocenters. The summed E-state index contributed by atoms with van der Waals surface area (Å²) in [5.74, 6) is 4.84. The molecule has 298 valence electrons. The van der Waals surface area contributed by atoms with E-state index in [2.05, 4.69) is 61.1 Å². The van der Waals surface area contributed by atoms with Crippen LogP contribution in [0, 0.1) is 17.8 Å². The minimum atomic E-state index is -0.977. The molecular weight excluding hydrogens is 745 g/mol. The van der Waals surface area contributed by atoms with Crippen LogP contribution < -0.4 is 15.1 Å². The molecule has 1 aromatic heterocycles. The molecular formula is C47H44N6O6. The minimum Gasteiger partial charge on any atom is -0.465 e. The first-order valence-electron chi connectivity index (χ1n) is 20.2. The molecule has 12 nitrogen and oxygen atoms in total. The summed E-state index contributed by atoms with van der Waals surface area (Å²) >= 11 is 0. The monoisotopic (exact) mass is 788 g/mol. The fourth-order valence-corrected chi connectivity index (χ4v) is 9.02. The van der Waals surface area contributed by atoms with Crippen LogP contribution in [-0.4, -0.2) is 103 Å². The fraction of sp³-hybridized carbons (Fsp3) is 0.298. The predicted octanol–water partition coefficient (Wildman–Crippen LogP) is 5.46. The number of nitrogens with one attached hydrogen (secondary N) is 2. The highest BCUT2D eigenvalue weighted by Crippen LogP contribution is 2.36. The van der Waals surface area contributed by atoms with Crippen molar-refractivity contribution in [2.75, 3.05) is 62.7 Å². The maximum atomic E-state index is 13.7. The number of hydrogen-bond donors (Lipinski definition) is 2. The van der Waals surface area contributed by atoms with Crippen LogP contribution in [0.2, 0.25) is 0 Å². The minimum absolute atomic E-state index is 0.0933. The van der Waals surface area contributed by atoms with Crippen molar-refractivity contribution in [3.8, 4) is 23.0 Å². The molecule has 0 aliphatic carbocycles. The Hall–Kier alpha value is -6.71. The number of ether oxygens (including phenoxy) is 1. The van der Waals surface area contributed by atoms with Gasteiger partial charge in [-0.15, -0.1) is 0 Å². The van der Waals surface area contributed by atoms with Gasteiger partial charge in [0.25, 0.3) is 11.8 Å². The summed E-state index contributed by atoms with van der Waals surface area (Å²) in [6, 6.07) is 26.4. The number of carbonyl (C=O) groups is 5. The zero-order valence-corrected chi connectivity index (χ0v) is 32.8. The van der Waals surface area contributed by atoms with E-state index in [1.807, 2.05) is 48.7 Å². The van der Waals surface area contributed by atoms with Gasteiger partial charge in [0.05, 0.1) is 29.5 Å². The topological polar surface area (TPSA) is 135 Å². The zero-order valence-electron chi connectivity index (χ0n) is 32.8. The van der Waals surface area contributed by atoms with E-state index in [1.54, 1.807) is 18.2 Å². The molecule has 9 rings (SSSR count). The fourth-order valence-electron chi connectivity index (χ4n) is 9.02. The van der Waals surface area contributed by atoms with Crippen LogP contribution in [0.1, 0.15) is 67.9 Å². The van der Waals surface area contributed by atoms with Gasteiger partial charge < -0.3 is 19.5 Å². The van der Waals surface area contributed by atoms with E-state index in [1.165, 1.54) is 7.11 Å². The second-order valence-electron chi connectivity index (χ2n) is 15.7. The van der Waals surface area contributed by atoms with Gasteiger partial charge in [0.15, 0.2) is 0 Å². The van der Waals surface area contributed by atoms with Gasteiger partial charge in [-0.2, -0.15) is 0 Å². The molecule has 0 saturated carbocycles. The van der Waals surface area contributed by atoms with Crippen molar-refractivity contribution in [3.05, 3.63) is 119 Å². The van der Waals surface area contributed by atoms with E-state index in [0.717, 1.165) is 108 Å². The third-order valence-corrected chi connectivity index (χ3v) is 12.2. The number of imide groups is 2. The SMILES string of the molecule is COC(=O)c1cccc(C#Cc2ccc(N3CCN(CC4CCN(c5cccc6c5C(=O)N(C5CCC(=O)NC5=O)C6=O)CC4)CC3)cc2)c1-c1ccc2cc[nH]c2c1. The molecule has 4 aliphatic heterocycles. The standard InChI is InChI=1S/C47H44N6O6/c1-59-47(58)37-6-2-4-33(42(37)34-13-12-32-18-21-48-38(32)28-34)11-8-30-9-14-35(15-10-30)51-26-24-50(25-27-51)29-31-19-22-52(23-20-31)39-7-3-5-36-43(39)46(57)53(45(36)56)40-16-17-41(54)49-44(40)55/h2-7,9-10,12-15,18,21,28,31,40,48H,16-17,19-20,22-27,29H2,1H3,(H,49,54,55). The maximum Gasteiger partial charge on any atom is 0.338 e. The number of fused-ring (bicyclic) bond motifs is 2. The van der Waals surface area contributed by atoms with E-state index in [0.29, 0.717) is 22.6 Å². The first kappa shape index (κ1) is 37.8. The lowest BCUT2D eigenvalue weighted by atomic mass is 9.93. The van der Waals surface area contributed by atoms with Crippen molar-refractivity contribution in [3.63, 3.8) is 0 Å². The molecule has 4 amide bonds. The number of methoxy groups -OCH3 is 1. The van der Waals surface area contributed by atoms with Crippen LogP contribution in [0.4, 0.5) is 11.4 Å². The smallest absolute Gasteiger partial charge is 0.338 e.